The van der Waals surface area contributed by atoms with Crippen LogP contribution in [0.1, 0.15) is 16.8 Å². The molecule has 0 aliphatic heterocycles. The number of aryl methyl sites for hydroxylation is 2. The van der Waals surface area contributed by atoms with Gasteiger partial charge in [0.05, 0.1) is 12.2 Å². The monoisotopic (exact) mass is 334 g/mol. The maximum Gasteiger partial charge on any atom is 0.148 e. The SMILES string of the molecule is Cc1cc(CC=NO)ccc1OCCNc1ncnc(C)c1Cl. The van der Waals surface area contributed by atoms with Crippen molar-refractivity contribution in [2.24, 2.45) is 5.16 Å². The lowest BCUT2D eigenvalue weighted by Gasteiger charge is -2.12. The van der Waals surface area contributed by atoms with E-state index in [1.807, 2.05) is 32.0 Å². The van der Waals surface area contributed by atoms with E-state index in [0.717, 1.165) is 22.6 Å². The van der Waals surface area contributed by atoms with E-state index in [0.29, 0.717) is 30.4 Å². The number of halogens is 1. The van der Waals surface area contributed by atoms with E-state index in [1.165, 1.54) is 12.5 Å². The van der Waals surface area contributed by atoms with Gasteiger partial charge < -0.3 is 15.3 Å². The third-order valence-electron chi connectivity index (χ3n) is 3.26. The van der Waals surface area contributed by atoms with Crippen LogP contribution in [0.3, 0.4) is 0 Å². The van der Waals surface area contributed by atoms with Crippen LogP contribution < -0.4 is 10.1 Å². The van der Waals surface area contributed by atoms with E-state index in [4.69, 9.17) is 21.5 Å². The van der Waals surface area contributed by atoms with Gasteiger partial charge in [0.15, 0.2) is 0 Å². The first-order chi connectivity index (χ1) is 11.1. The molecule has 1 heterocycles. The van der Waals surface area contributed by atoms with Crippen molar-refractivity contribution in [2.75, 3.05) is 18.5 Å². The molecule has 0 saturated heterocycles. The number of nitrogens with one attached hydrogen (secondary N) is 1. The minimum Gasteiger partial charge on any atom is -0.491 e. The molecule has 0 spiro atoms. The summed E-state index contributed by atoms with van der Waals surface area (Å²) >= 11 is 6.12. The van der Waals surface area contributed by atoms with Crippen molar-refractivity contribution in [2.45, 2.75) is 20.3 Å². The molecule has 0 aliphatic rings. The number of ether oxygens (including phenoxy) is 1. The average Bonchev–Trinajstić information content (AvgIpc) is 2.54. The van der Waals surface area contributed by atoms with Gasteiger partial charge in [0.2, 0.25) is 0 Å². The number of rotatable bonds is 7. The lowest BCUT2D eigenvalue weighted by atomic mass is 10.1. The lowest BCUT2D eigenvalue weighted by Crippen LogP contribution is -2.13. The molecule has 2 rings (SSSR count). The Hall–Kier alpha value is -2.34. The highest BCUT2D eigenvalue weighted by molar-refractivity contribution is 6.33. The summed E-state index contributed by atoms with van der Waals surface area (Å²) in [5, 5.41) is 15.1. The van der Waals surface area contributed by atoms with Crippen molar-refractivity contribution in [3.05, 3.63) is 46.4 Å². The topological polar surface area (TPSA) is 79.6 Å². The number of hydrogen-bond donors (Lipinski definition) is 2. The summed E-state index contributed by atoms with van der Waals surface area (Å²) in [6.07, 6.45) is 3.51. The van der Waals surface area contributed by atoms with Crippen molar-refractivity contribution < 1.29 is 9.94 Å². The summed E-state index contributed by atoms with van der Waals surface area (Å²) in [6, 6.07) is 5.87. The number of oxime groups is 1. The van der Waals surface area contributed by atoms with Gasteiger partial charge in [-0.05, 0) is 31.0 Å². The standard InChI is InChI=1S/C16H19ClN4O2/c1-11-9-13(5-6-21-22)3-4-14(11)23-8-7-18-16-15(17)12(2)19-10-20-16/h3-4,6,9-10,22H,5,7-8H2,1-2H3,(H,18,19,20). The van der Waals surface area contributed by atoms with Crippen molar-refractivity contribution >= 4 is 23.6 Å². The normalized spacial score (nSPS) is 10.9. The van der Waals surface area contributed by atoms with Crippen LogP contribution in [-0.4, -0.2) is 34.5 Å². The quantitative estimate of drug-likeness (QED) is 0.352. The molecule has 1 aromatic carbocycles. The van der Waals surface area contributed by atoms with Gasteiger partial charge in [0.1, 0.15) is 29.5 Å². The maximum atomic E-state index is 8.44. The first-order valence-corrected chi connectivity index (χ1v) is 7.58. The van der Waals surface area contributed by atoms with Gasteiger partial charge in [-0.25, -0.2) is 9.97 Å². The summed E-state index contributed by atoms with van der Waals surface area (Å²) in [5.41, 5.74) is 2.83. The molecule has 0 aliphatic carbocycles. The first kappa shape index (κ1) is 17.0. The van der Waals surface area contributed by atoms with Crippen LogP contribution in [0.4, 0.5) is 5.82 Å². The van der Waals surface area contributed by atoms with E-state index in [2.05, 4.69) is 20.4 Å². The van der Waals surface area contributed by atoms with Gasteiger partial charge in [-0.1, -0.05) is 23.7 Å². The molecule has 0 radical (unpaired) electrons. The van der Waals surface area contributed by atoms with Crippen LogP contribution in [-0.2, 0) is 6.42 Å². The van der Waals surface area contributed by atoms with Crippen molar-refractivity contribution in [1.29, 1.82) is 0 Å². The van der Waals surface area contributed by atoms with Crippen molar-refractivity contribution in [1.82, 2.24) is 9.97 Å². The Morgan fingerprint density at radius 2 is 2.17 bits per heavy atom. The van der Waals surface area contributed by atoms with E-state index in [-0.39, 0.29) is 0 Å². The van der Waals surface area contributed by atoms with Gasteiger partial charge in [0.25, 0.3) is 0 Å². The Balaban J connectivity index is 1.85. The molecule has 2 N–H and O–H groups in total. The predicted octanol–water partition coefficient (Wildman–Crippen LogP) is 3.24. The molecule has 7 heteroatoms. The second kappa shape index (κ2) is 8.33. The third-order valence-corrected chi connectivity index (χ3v) is 3.72. The molecular formula is C16H19ClN4O2. The summed E-state index contributed by atoms with van der Waals surface area (Å²) in [7, 11) is 0. The highest BCUT2D eigenvalue weighted by Gasteiger charge is 2.05. The average molecular weight is 335 g/mol. The molecular weight excluding hydrogens is 316 g/mol. The van der Waals surface area contributed by atoms with E-state index < -0.39 is 0 Å². The van der Waals surface area contributed by atoms with E-state index >= 15 is 0 Å². The Labute approximate surface area is 140 Å². The van der Waals surface area contributed by atoms with Crippen molar-refractivity contribution in [3.63, 3.8) is 0 Å². The molecule has 0 bridgehead atoms. The maximum absolute atomic E-state index is 8.44. The minimum absolute atomic E-state index is 0.484. The van der Waals surface area contributed by atoms with Gasteiger partial charge >= 0.3 is 0 Å². The summed E-state index contributed by atoms with van der Waals surface area (Å²) in [4.78, 5) is 8.12. The minimum atomic E-state index is 0.484. The number of hydrogen-bond acceptors (Lipinski definition) is 6. The van der Waals surface area contributed by atoms with Crippen LogP contribution in [0.5, 0.6) is 5.75 Å². The first-order valence-electron chi connectivity index (χ1n) is 7.21. The Morgan fingerprint density at radius 3 is 2.91 bits per heavy atom. The van der Waals surface area contributed by atoms with Gasteiger partial charge in [-0.15, -0.1) is 5.16 Å². The number of nitrogens with zero attached hydrogens (tertiary/aromatic N) is 3. The fraction of sp³-hybridized carbons (Fsp3) is 0.312. The zero-order valence-corrected chi connectivity index (χ0v) is 13.8. The molecule has 0 saturated carbocycles. The highest BCUT2D eigenvalue weighted by Crippen LogP contribution is 2.21. The molecule has 2 aromatic rings. The second-order valence-electron chi connectivity index (χ2n) is 5.00. The van der Waals surface area contributed by atoms with Crippen LogP contribution in [0.15, 0.2) is 29.7 Å². The summed E-state index contributed by atoms with van der Waals surface area (Å²) in [5.74, 6) is 1.43. The van der Waals surface area contributed by atoms with Gasteiger partial charge in [-0.3, -0.25) is 0 Å². The van der Waals surface area contributed by atoms with Gasteiger partial charge in [-0.2, -0.15) is 0 Å². The smallest absolute Gasteiger partial charge is 0.148 e. The van der Waals surface area contributed by atoms with Crippen LogP contribution >= 0.6 is 11.6 Å². The zero-order valence-electron chi connectivity index (χ0n) is 13.1. The fourth-order valence-corrected chi connectivity index (χ4v) is 2.22. The summed E-state index contributed by atoms with van der Waals surface area (Å²) < 4.78 is 5.76. The molecule has 6 nitrogen and oxygen atoms in total. The fourth-order valence-electron chi connectivity index (χ4n) is 2.06. The number of benzene rings is 1. The summed E-state index contributed by atoms with van der Waals surface area (Å²) in [6.45, 7) is 4.87. The Morgan fingerprint density at radius 1 is 1.35 bits per heavy atom. The number of anilines is 1. The molecule has 1 aromatic heterocycles. The van der Waals surface area contributed by atoms with Crippen LogP contribution in [0.25, 0.3) is 0 Å². The Bertz CT molecular complexity index is 692. The highest BCUT2D eigenvalue weighted by atomic mass is 35.5. The number of aromatic nitrogens is 2. The van der Waals surface area contributed by atoms with E-state index in [1.54, 1.807) is 0 Å². The zero-order chi connectivity index (χ0) is 16.7. The third kappa shape index (κ3) is 4.82. The Kier molecular flexibility index (Phi) is 6.17. The van der Waals surface area contributed by atoms with Gasteiger partial charge in [0, 0.05) is 12.6 Å². The van der Waals surface area contributed by atoms with Crippen LogP contribution in [0, 0.1) is 13.8 Å². The molecule has 0 amide bonds. The molecule has 0 atom stereocenters. The second-order valence-corrected chi connectivity index (χ2v) is 5.38. The lowest BCUT2D eigenvalue weighted by molar-refractivity contribution is 0.321. The molecule has 0 unspecified atom stereocenters. The largest absolute Gasteiger partial charge is 0.491 e. The predicted molar refractivity (Wildman–Crippen MR) is 90.9 cm³/mol. The molecule has 122 valence electrons. The molecule has 0 fully saturated rings. The van der Waals surface area contributed by atoms with Crippen LogP contribution in [0.2, 0.25) is 5.02 Å². The molecule has 23 heavy (non-hydrogen) atoms. The van der Waals surface area contributed by atoms with E-state index in [9.17, 15) is 0 Å². The van der Waals surface area contributed by atoms with Crippen molar-refractivity contribution in [3.8, 4) is 5.75 Å².